The van der Waals surface area contributed by atoms with Gasteiger partial charge in [0.2, 0.25) is 5.91 Å². The maximum atomic E-state index is 12.7. The lowest BCUT2D eigenvalue weighted by Crippen LogP contribution is -2.52. The molecule has 1 aliphatic rings. The van der Waals surface area contributed by atoms with Crippen LogP contribution in [0.5, 0.6) is 0 Å². The molecule has 0 aromatic carbocycles. The number of carbonyl (C=O) groups excluding carboxylic acids is 1. The summed E-state index contributed by atoms with van der Waals surface area (Å²) in [5.41, 5.74) is 5.05. The van der Waals surface area contributed by atoms with Crippen LogP contribution in [0.3, 0.4) is 0 Å². The molecule has 1 unspecified atom stereocenters. The fourth-order valence-corrected chi connectivity index (χ4v) is 2.91. The number of amidine groups is 1. The van der Waals surface area contributed by atoms with Crippen molar-refractivity contribution in [2.75, 3.05) is 20.6 Å². The number of hydrogen-bond acceptors (Lipinski definition) is 4. The third-order valence-corrected chi connectivity index (χ3v) is 4.38. The van der Waals surface area contributed by atoms with Gasteiger partial charge in [0.1, 0.15) is 5.41 Å². The lowest BCUT2D eigenvalue weighted by molar-refractivity contribution is -0.129. The van der Waals surface area contributed by atoms with Crippen molar-refractivity contribution >= 4 is 11.7 Å². The molecule has 0 radical (unpaired) electrons. The molecule has 0 aromatic heterocycles. The Morgan fingerprint density at radius 2 is 1.90 bits per heavy atom. The van der Waals surface area contributed by atoms with Crippen molar-refractivity contribution in [3.8, 4) is 0 Å². The van der Waals surface area contributed by atoms with Crippen molar-refractivity contribution in [2.24, 2.45) is 16.3 Å². The normalized spacial score (nSPS) is 20.9. The fraction of sp³-hybridized carbons (Fsp3) is 0.867. The second kappa shape index (κ2) is 8.22. The molecule has 0 spiro atoms. The molecule has 4 N–H and O–H groups in total. The van der Waals surface area contributed by atoms with E-state index in [1.807, 2.05) is 21.0 Å². The molecule has 1 rings (SSSR count). The van der Waals surface area contributed by atoms with Gasteiger partial charge in [-0.1, -0.05) is 30.8 Å². The summed E-state index contributed by atoms with van der Waals surface area (Å²) in [4.78, 5) is 14.8. The largest absolute Gasteiger partial charge is 0.409 e. The Bertz CT molecular complexity index is 361. The van der Waals surface area contributed by atoms with E-state index in [1.54, 1.807) is 0 Å². The van der Waals surface area contributed by atoms with E-state index in [1.165, 1.54) is 0 Å². The second-order valence-corrected chi connectivity index (χ2v) is 6.45. The highest BCUT2D eigenvalue weighted by Gasteiger charge is 2.43. The molecular formula is C15H30N4O2. The molecule has 0 aromatic rings. The molecule has 0 aliphatic heterocycles. The zero-order valence-electron chi connectivity index (χ0n) is 13.6. The van der Waals surface area contributed by atoms with E-state index in [0.29, 0.717) is 12.8 Å². The van der Waals surface area contributed by atoms with Gasteiger partial charge in [-0.3, -0.25) is 4.79 Å². The third kappa shape index (κ3) is 4.88. The molecule has 1 atom stereocenters. The van der Waals surface area contributed by atoms with Gasteiger partial charge < -0.3 is 21.2 Å². The topological polar surface area (TPSA) is 91.0 Å². The summed E-state index contributed by atoms with van der Waals surface area (Å²) in [6, 6.07) is 0.0755. The van der Waals surface area contributed by atoms with Gasteiger partial charge in [-0.2, -0.15) is 0 Å². The minimum Gasteiger partial charge on any atom is -0.409 e. The van der Waals surface area contributed by atoms with E-state index < -0.39 is 5.41 Å². The first-order valence-corrected chi connectivity index (χ1v) is 7.86. The zero-order chi connectivity index (χ0) is 15.9. The standard InChI is InChI=1S/C15H30N4O2/c1-12(8-11-19(2)3)17-14(20)15(13(16)18-21)9-6-4-5-7-10-15/h12,21H,4-11H2,1-3H3,(H2,16,18)(H,17,20). The van der Waals surface area contributed by atoms with Crippen LogP contribution in [0.2, 0.25) is 0 Å². The average Bonchev–Trinajstić information content (AvgIpc) is 2.71. The van der Waals surface area contributed by atoms with Crippen molar-refractivity contribution in [1.82, 2.24) is 10.2 Å². The lowest BCUT2D eigenvalue weighted by atomic mass is 9.78. The van der Waals surface area contributed by atoms with Gasteiger partial charge in [-0.05, 0) is 46.8 Å². The maximum Gasteiger partial charge on any atom is 0.234 e. The van der Waals surface area contributed by atoms with E-state index in [2.05, 4.69) is 15.4 Å². The van der Waals surface area contributed by atoms with Gasteiger partial charge in [0.15, 0.2) is 5.84 Å². The smallest absolute Gasteiger partial charge is 0.234 e. The van der Waals surface area contributed by atoms with Crippen molar-refractivity contribution in [3.05, 3.63) is 0 Å². The summed E-state index contributed by atoms with van der Waals surface area (Å²) >= 11 is 0. The van der Waals surface area contributed by atoms with Crippen LogP contribution in [0.4, 0.5) is 0 Å². The quantitative estimate of drug-likeness (QED) is 0.228. The molecule has 1 aliphatic carbocycles. The minimum atomic E-state index is -0.836. The third-order valence-electron chi connectivity index (χ3n) is 4.38. The number of rotatable bonds is 6. The van der Waals surface area contributed by atoms with Gasteiger partial charge >= 0.3 is 0 Å². The van der Waals surface area contributed by atoms with Crippen LogP contribution in [0.15, 0.2) is 5.16 Å². The number of oxime groups is 1. The molecule has 6 heteroatoms. The predicted octanol–water partition coefficient (Wildman–Crippen LogP) is 1.53. The van der Waals surface area contributed by atoms with Crippen molar-refractivity contribution in [3.63, 3.8) is 0 Å². The van der Waals surface area contributed by atoms with Gasteiger partial charge in [0, 0.05) is 6.04 Å². The highest BCUT2D eigenvalue weighted by molar-refractivity contribution is 6.06. The predicted molar refractivity (Wildman–Crippen MR) is 84.3 cm³/mol. The van der Waals surface area contributed by atoms with Gasteiger partial charge in [-0.15, -0.1) is 0 Å². The van der Waals surface area contributed by atoms with E-state index >= 15 is 0 Å². The molecule has 0 heterocycles. The Kier molecular flexibility index (Phi) is 6.95. The molecule has 122 valence electrons. The van der Waals surface area contributed by atoms with Crippen LogP contribution < -0.4 is 11.1 Å². The lowest BCUT2D eigenvalue weighted by Gasteiger charge is -2.31. The van der Waals surface area contributed by atoms with E-state index in [-0.39, 0.29) is 17.8 Å². The molecule has 6 nitrogen and oxygen atoms in total. The van der Waals surface area contributed by atoms with Crippen LogP contribution in [-0.2, 0) is 4.79 Å². The molecule has 21 heavy (non-hydrogen) atoms. The summed E-state index contributed by atoms with van der Waals surface area (Å²) in [6.07, 6.45) is 6.29. The molecular weight excluding hydrogens is 268 g/mol. The SMILES string of the molecule is CC(CCN(C)C)NC(=O)C1(C(N)=NO)CCCCCC1. The molecule has 1 amide bonds. The van der Waals surface area contributed by atoms with Crippen molar-refractivity contribution < 1.29 is 10.0 Å². The first-order valence-electron chi connectivity index (χ1n) is 7.86. The number of hydrogen-bond donors (Lipinski definition) is 3. The first-order chi connectivity index (χ1) is 9.92. The van der Waals surface area contributed by atoms with Gasteiger partial charge in [-0.25, -0.2) is 0 Å². The summed E-state index contributed by atoms with van der Waals surface area (Å²) in [5.74, 6) is -0.0346. The Morgan fingerprint density at radius 3 is 2.38 bits per heavy atom. The number of amides is 1. The van der Waals surface area contributed by atoms with Crippen molar-refractivity contribution in [1.29, 1.82) is 0 Å². The van der Waals surface area contributed by atoms with E-state index in [4.69, 9.17) is 10.9 Å². The molecule has 1 saturated carbocycles. The second-order valence-electron chi connectivity index (χ2n) is 6.45. The van der Waals surface area contributed by atoms with Gasteiger partial charge in [0.25, 0.3) is 0 Å². The summed E-state index contributed by atoms with van der Waals surface area (Å²) in [6.45, 7) is 2.91. The summed E-state index contributed by atoms with van der Waals surface area (Å²) in [5, 5.41) is 15.3. The van der Waals surface area contributed by atoms with Crippen molar-refractivity contribution in [2.45, 2.75) is 57.9 Å². The highest BCUT2D eigenvalue weighted by Crippen LogP contribution is 2.35. The van der Waals surface area contributed by atoms with Crippen LogP contribution in [-0.4, -0.2) is 48.5 Å². The Hall–Kier alpha value is -1.30. The van der Waals surface area contributed by atoms with Crippen LogP contribution in [0, 0.1) is 5.41 Å². The van der Waals surface area contributed by atoms with E-state index in [9.17, 15) is 4.79 Å². The number of carbonyl (C=O) groups is 1. The fourth-order valence-electron chi connectivity index (χ4n) is 2.91. The molecule has 0 saturated heterocycles. The van der Waals surface area contributed by atoms with E-state index in [0.717, 1.165) is 38.6 Å². The Balaban J connectivity index is 2.76. The first kappa shape index (κ1) is 17.8. The molecule has 0 bridgehead atoms. The average molecular weight is 298 g/mol. The summed E-state index contributed by atoms with van der Waals surface area (Å²) in [7, 11) is 4.02. The molecule has 1 fully saturated rings. The highest BCUT2D eigenvalue weighted by atomic mass is 16.4. The Labute approximate surface area is 127 Å². The van der Waals surface area contributed by atoms with Crippen LogP contribution in [0.25, 0.3) is 0 Å². The maximum absolute atomic E-state index is 12.7. The summed E-state index contributed by atoms with van der Waals surface area (Å²) < 4.78 is 0. The van der Waals surface area contributed by atoms with Crippen LogP contribution >= 0.6 is 0 Å². The number of nitrogens with zero attached hydrogens (tertiary/aromatic N) is 2. The minimum absolute atomic E-state index is 0.0571. The van der Waals surface area contributed by atoms with Crippen LogP contribution in [0.1, 0.15) is 51.9 Å². The van der Waals surface area contributed by atoms with Gasteiger partial charge in [0.05, 0.1) is 0 Å². The Morgan fingerprint density at radius 1 is 1.33 bits per heavy atom. The monoisotopic (exact) mass is 298 g/mol. The zero-order valence-corrected chi connectivity index (χ0v) is 13.6. The number of nitrogens with one attached hydrogen (secondary N) is 1. The number of nitrogens with two attached hydrogens (primary N) is 1.